The summed E-state index contributed by atoms with van der Waals surface area (Å²) in [5.74, 6) is -0.631. The summed E-state index contributed by atoms with van der Waals surface area (Å²) in [6.45, 7) is 1.67. The molecule has 0 aliphatic rings. The SMILES string of the molecule is COC(=O)c1c(C)c(Br)cc[n+]1[O-]. The molecule has 0 aromatic carbocycles. The molecule has 0 aliphatic heterocycles. The zero-order valence-corrected chi connectivity index (χ0v) is 8.79. The van der Waals surface area contributed by atoms with Crippen LogP contribution in [0.3, 0.4) is 0 Å². The maximum absolute atomic E-state index is 11.2. The van der Waals surface area contributed by atoms with Crippen molar-refractivity contribution in [1.82, 2.24) is 0 Å². The van der Waals surface area contributed by atoms with Crippen molar-refractivity contribution in [1.29, 1.82) is 0 Å². The van der Waals surface area contributed by atoms with Crippen LogP contribution >= 0.6 is 15.9 Å². The van der Waals surface area contributed by atoms with Gasteiger partial charge in [0.05, 0.1) is 7.11 Å². The molecular formula is C8H8BrNO3. The van der Waals surface area contributed by atoms with Crippen LogP contribution < -0.4 is 4.73 Å². The Morgan fingerprint density at radius 2 is 2.31 bits per heavy atom. The smallest absolute Gasteiger partial charge is 0.405 e. The highest BCUT2D eigenvalue weighted by molar-refractivity contribution is 9.10. The summed E-state index contributed by atoms with van der Waals surface area (Å²) in [6.07, 6.45) is 1.25. The van der Waals surface area contributed by atoms with Gasteiger partial charge in [-0.2, -0.15) is 4.73 Å². The molecule has 13 heavy (non-hydrogen) atoms. The van der Waals surface area contributed by atoms with Gasteiger partial charge >= 0.3 is 11.7 Å². The van der Waals surface area contributed by atoms with Crippen LogP contribution in [0, 0.1) is 12.1 Å². The van der Waals surface area contributed by atoms with Gasteiger partial charge in [-0.1, -0.05) is 15.9 Å². The molecule has 0 atom stereocenters. The summed E-state index contributed by atoms with van der Waals surface area (Å²) in [5, 5.41) is 11.2. The normalized spacial score (nSPS) is 9.77. The van der Waals surface area contributed by atoms with Gasteiger partial charge in [-0.05, 0) is 6.92 Å². The summed E-state index contributed by atoms with van der Waals surface area (Å²) in [6, 6.07) is 1.58. The summed E-state index contributed by atoms with van der Waals surface area (Å²) in [7, 11) is 1.24. The van der Waals surface area contributed by atoms with Crippen LogP contribution in [0.1, 0.15) is 16.1 Å². The Labute approximate surface area is 83.8 Å². The van der Waals surface area contributed by atoms with Gasteiger partial charge in [0.15, 0.2) is 6.20 Å². The molecule has 1 aromatic heterocycles. The maximum atomic E-state index is 11.2. The maximum Gasteiger partial charge on any atom is 0.405 e. The van der Waals surface area contributed by atoms with Crippen molar-refractivity contribution in [3.05, 3.63) is 33.2 Å². The van der Waals surface area contributed by atoms with Crippen molar-refractivity contribution < 1.29 is 14.3 Å². The van der Waals surface area contributed by atoms with Crippen molar-refractivity contribution >= 4 is 21.9 Å². The number of carbonyl (C=O) groups excluding carboxylic acids is 1. The number of aromatic nitrogens is 1. The molecule has 0 saturated carbocycles. The minimum Gasteiger partial charge on any atom is -0.618 e. The van der Waals surface area contributed by atoms with E-state index in [9.17, 15) is 10.0 Å². The summed E-state index contributed by atoms with van der Waals surface area (Å²) < 4.78 is 5.67. The van der Waals surface area contributed by atoms with Crippen molar-refractivity contribution in [3.63, 3.8) is 0 Å². The van der Waals surface area contributed by atoms with E-state index in [4.69, 9.17) is 0 Å². The zero-order valence-electron chi connectivity index (χ0n) is 7.20. The molecule has 0 saturated heterocycles. The van der Waals surface area contributed by atoms with E-state index in [0.29, 0.717) is 14.8 Å². The van der Waals surface area contributed by atoms with E-state index in [0.717, 1.165) is 0 Å². The van der Waals surface area contributed by atoms with Crippen LogP contribution in [0.25, 0.3) is 0 Å². The predicted molar refractivity (Wildman–Crippen MR) is 49.2 cm³/mol. The first-order valence-electron chi connectivity index (χ1n) is 3.54. The van der Waals surface area contributed by atoms with Crippen LogP contribution in [0.5, 0.6) is 0 Å². The third kappa shape index (κ3) is 1.80. The number of pyridine rings is 1. The molecule has 1 rings (SSSR count). The quantitative estimate of drug-likeness (QED) is 0.424. The third-order valence-corrected chi connectivity index (χ3v) is 2.53. The van der Waals surface area contributed by atoms with Crippen molar-refractivity contribution in [2.75, 3.05) is 7.11 Å². The third-order valence-electron chi connectivity index (χ3n) is 1.67. The number of halogens is 1. The molecule has 0 aliphatic carbocycles. The second kappa shape index (κ2) is 3.74. The summed E-state index contributed by atoms with van der Waals surface area (Å²) in [4.78, 5) is 11.1. The lowest BCUT2D eigenvalue weighted by molar-refractivity contribution is -0.608. The Morgan fingerprint density at radius 1 is 1.69 bits per heavy atom. The predicted octanol–water partition coefficient (Wildman–Crippen LogP) is 1.18. The van der Waals surface area contributed by atoms with Crippen LogP contribution in [0.15, 0.2) is 16.7 Å². The number of ether oxygens (including phenoxy) is 1. The Kier molecular flexibility index (Phi) is 2.87. The lowest BCUT2D eigenvalue weighted by Crippen LogP contribution is -2.35. The Morgan fingerprint density at radius 3 is 2.85 bits per heavy atom. The number of hydrogen-bond donors (Lipinski definition) is 0. The lowest BCUT2D eigenvalue weighted by Gasteiger charge is -2.05. The van der Waals surface area contributed by atoms with Gasteiger partial charge < -0.3 is 9.94 Å². The Hall–Kier alpha value is -1.10. The summed E-state index contributed by atoms with van der Waals surface area (Å²) in [5.41, 5.74) is 0.584. The van der Waals surface area contributed by atoms with Gasteiger partial charge in [0.25, 0.3) is 0 Å². The van der Waals surface area contributed by atoms with Gasteiger partial charge in [-0.3, -0.25) is 0 Å². The highest BCUT2D eigenvalue weighted by Gasteiger charge is 2.21. The van der Waals surface area contributed by atoms with Gasteiger partial charge in [0.2, 0.25) is 0 Å². The van der Waals surface area contributed by atoms with E-state index in [2.05, 4.69) is 20.7 Å². The fraction of sp³-hybridized carbons (Fsp3) is 0.250. The zero-order chi connectivity index (χ0) is 10.0. The minimum absolute atomic E-state index is 0.0110. The van der Waals surface area contributed by atoms with Gasteiger partial charge in [0.1, 0.15) is 0 Å². The highest BCUT2D eigenvalue weighted by Crippen LogP contribution is 2.16. The number of nitrogens with zero attached hydrogens (tertiary/aromatic N) is 1. The van der Waals surface area contributed by atoms with Crippen molar-refractivity contribution in [2.24, 2.45) is 0 Å². The Bertz CT molecular complexity index is 351. The summed E-state index contributed by atoms with van der Waals surface area (Å²) >= 11 is 3.22. The molecule has 0 spiro atoms. The highest BCUT2D eigenvalue weighted by atomic mass is 79.9. The van der Waals surface area contributed by atoms with Crippen LogP contribution in [-0.2, 0) is 4.74 Å². The second-order valence-electron chi connectivity index (χ2n) is 2.45. The van der Waals surface area contributed by atoms with Crippen LogP contribution in [-0.4, -0.2) is 13.1 Å². The van der Waals surface area contributed by atoms with Crippen LogP contribution in [0.4, 0.5) is 0 Å². The van der Waals surface area contributed by atoms with E-state index in [1.165, 1.54) is 13.3 Å². The molecule has 0 bridgehead atoms. The standard InChI is InChI=1S/C8H8BrNO3/c1-5-6(9)3-4-10(12)7(5)8(11)13-2/h3-4H,1-2H3. The first-order chi connectivity index (χ1) is 6.07. The molecule has 0 unspecified atom stereocenters. The molecule has 1 aromatic rings. The molecule has 70 valence electrons. The molecule has 5 heteroatoms. The topological polar surface area (TPSA) is 53.2 Å². The molecule has 0 N–H and O–H groups in total. The molecule has 4 nitrogen and oxygen atoms in total. The number of hydrogen-bond acceptors (Lipinski definition) is 3. The van der Waals surface area contributed by atoms with E-state index < -0.39 is 5.97 Å². The van der Waals surface area contributed by atoms with Gasteiger partial charge in [0, 0.05) is 16.1 Å². The van der Waals surface area contributed by atoms with E-state index in [1.54, 1.807) is 13.0 Å². The fourth-order valence-electron chi connectivity index (χ4n) is 0.951. The first-order valence-corrected chi connectivity index (χ1v) is 4.33. The minimum atomic E-state index is -0.631. The number of methoxy groups -OCH3 is 1. The number of carbonyl (C=O) groups is 1. The van der Waals surface area contributed by atoms with E-state index >= 15 is 0 Å². The number of esters is 1. The Balaban J connectivity index is 3.33. The van der Waals surface area contributed by atoms with Gasteiger partial charge in [-0.25, -0.2) is 4.79 Å². The number of rotatable bonds is 1. The average Bonchev–Trinajstić information content (AvgIpc) is 2.12. The van der Waals surface area contributed by atoms with Crippen molar-refractivity contribution in [2.45, 2.75) is 6.92 Å². The monoisotopic (exact) mass is 245 g/mol. The van der Waals surface area contributed by atoms with Crippen molar-refractivity contribution in [3.8, 4) is 0 Å². The molecule has 0 amide bonds. The second-order valence-corrected chi connectivity index (χ2v) is 3.31. The van der Waals surface area contributed by atoms with E-state index in [1.807, 2.05) is 0 Å². The molecule has 0 fully saturated rings. The largest absolute Gasteiger partial charge is 0.618 e. The first kappa shape index (κ1) is 9.98. The average molecular weight is 246 g/mol. The molecule has 0 radical (unpaired) electrons. The van der Waals surface area contributed by atoms with Crippen LogP contribution in [0.2, 0.25) is 0 Å². The molecular weight excluding hydrogens is 238 g/mol. The van der Waals surface area contributed by atoms with Gasteiger partial charge in [-0.15, -0.1) is 0 Å². The fourth-order valence-corrected chi connectivity index (χ4v) is 1.26. The lowest BCUT2D eigenvalue weighted by atomic mass is 10.2. The van der Waals surface area contributed by atoms with E-state index in [-0.39, 0.29) is 5.69 Å². The molecule has 1 heterocycles.